The molecule has 0 unspecified atom stereocenters. The van der Waals surface area contributed by atoms with E-state index in [4.69, 9.17) is 25.8 Å². The average molecular weight is 575 g/mol. The normalized spacial score (nSPS) is 11.1. The minimum atomic E-state index is -3.79. The minimum Gasteiger partial charge on any atom is -0.497 e. The van der Waals surface area contributed by atoms with E-state index < -0.39 is 22.5 Å². The van der Waals surface area contributed by atoms with Crippen LogP contribution >= 0.6 is 11.6 Å². The van der Waals surface area contributed by atoms with Crippen LogP contribution in [0.25, 0.3) is 0 Å². The minimum absolute atomic E-state index is 0.189. The van der Waals surface area contributed by atoms with Gasteiger partial charge in [-0.25, -0.2) is 13.8 Å². The van der Waals surface area contributed by atoms with Crippen molar-refractivity contribution in [2.24, 2.45) is 5.10 Å². The number of methoxy groups -OCH3 is 2. The quantitative estimate of drug-likeness (QED) is 0.250. The molecular formula is C26H27ClN4O7S. The van der Waals surface area contributed by atoms with Crippen molar-refractivity contribution >= 4 is 51.0 Å². The van der Waals surface area contributed by atoms with E-state index in [1.54, 1.807) is 55.6 Å². The number of halogens is 1. The van der Waals surface area contributed by atoms with E-state index in [-0.39, 0.29) is 23.2 Å². The molecule has 206 valence electrons. The second kappa shape index (κ2) is 13.5. The Hall–Kier alpha value is -4.29. The van der Waals surface area contributed by atoms with Gasteiger partial charge >= 0.3 is 0 Å². The molecule has 3 aromatic rings. The number of hydrogen-bond acceptors (Lipinski definition) is 8. The number of ether oxygens (including phenoxy) is 3. The zero-order valence-electron chi connectivity index (χ0n) is 21.4. The van der Waals surface area contributed by atoms with Crippen LogP contribution in [0.4, 0.5) is 11.4 Å². The van der Waals surface area contributed by atoms with Gasteiger partial charge in [-0.1, -0.05) is 11.6 Å². The molecule has 0 saturated heterocycles. The van der Waals surface area contributed by atoms with Gasteiger partial charge in [-0.05, 0) is 72.3 Å². The first-order chi connectivity index (χ1) is 18.6. The number of hydrogen-bond donors (Lipinski definition) is 2. The molecule has 0 radical (unpaired) electrons. The van der Waals surface area contributed by atoms with E-state index in [0.717, 1.165) is 10.6 Å². The highest BCUT2D eigenvalue weighted by molar-refractivity contribution is 7.92. The van der Waals surface area contributed by atoms with Crippen LogP contribution in [0.1, 0.15) is 5.56 Å². The van der Waals surface area contributed by atoms with Gasteiger partial charge in [-0.15, -0.1) is 0 Å². The molecule has 0 aliphatic rings. The summed E-state index contributed by atoms with van der Waals surface area (Å²) in [6.45, 7) is -0.698. The standard InChI is InChI=1S/C26H27ClN4O7S/c1-36-21-11-6-19(7-12-21)29-26(33)17-38-22-9-4-18(5-10-22)15-28-30-25(32)16-31(39(3,34)35)20-8-13-24(37-2)23(27)14-20/h4-15H,16-17H2,1-3H3,(H,29,33)(H,30,32)/b28-15-. The highest BCUT2D eigenvalue weighted by Gasteiger charge is 2.21. The van der Waals surface area contributed by atoms with Crippen molar-refractivity contribution in [3.63, 3.8) is 0 Å². The van der Waals surface area contributed by atoms with Gasteiger partial charge in [0.1, 0.15) is 23.8 Å². The summed E-state index contributed by atoms with van der Waals surface area (Å²) < 4.78 is 41.1. The molecule has 2 N–H and O–H groups in total. The van der Waals surface area contributed by atoms with Crippen molar-refractivity contribution in [3.8, 4) is 17.2 Å². The number of nitrogens with zero attached hydrogens (tertiary/aromatic N) is 2. The topological polar surface area (TPSA) is 136 Å². The van der Waals surface area contributed by atoms with Gasteiger partial charge in [-0.3, -0.25) is 13.9 Å². The molecule has 0 aromatic heterocycles. The van der Waals surface area contributed by atoms with E-state index in [1.165, 1.54) is 31.5 Å². The third kappa shape index (κ3) is 8.90. The average Bonchev–Trinajstić information content (AvgIpc) is 2.91. The second-order valence-corrected chi connectivity index (χ2v) is 10.3. The van der Waals surface area contributed by atoms with Crippen LogP contribution in [0.2, 0.25) is 5.02 Å². The van der Waals surface area contributed by atoms with Crippen molar-refractivity contribution in [2.45, 2.75) is 0 Å². The van der Waals surface area contributed by atoms with E-state index in [0.29, 0.717) is 28.5 Å². The Labute approximate surface area is 231 Å². The lowest BCUT2D eigenvalue weighted by molar-refractivity contribution is -0.119. The molecule has 2 amide bonds. The van der Waals surface area contributed by atoms with Crippen LogP contribution in [0.3, 0.4) is 0 Å². The highest BCUT2D eigenvalue weighted by Crippen LogP contribution is 2.30. The monoisotopic (exact) mass is 574 g/mol. The summed E-state index contributed by atoms with van der Waals surface area (Å²) in [5.41, 5.74) is 3.75. The predicted molar refractivity (Wildman–Crippen MR) is 149 cm³/mol. The Morgan fingerprint density at radius 2 is 1.62 bits per heavy atom. The number of carbonyl (C=O) groups excluding carboxylic acids is 2. The summed E-state index contributed by atoms with van der Waals surface area (Å²) in [6, 6.07) is 17.9. The first-order valence-electron chi connectivity index (χ1n) is 11.4. The first-order valence-corrected chi connectivity index (χ1v) is 13.6. The Kier molecular flexibility index (Phi) is 10.1. The maximum absolute atomic E-state index is 12.4. The zero-order chi connectivity index (χ0) is 28.4. The van der Waals surface area contributed by atoms with E-state index >= 15 is 0 Å². The van der Waals surface area contributed by atoms with Crippen LogP contribution in [-0.4, -0.2) is 60.1 Å². The molecule has 0 heterocycles. The van der Waals surface area contributed by atoms with Gasteiger partial charge in [0.15, 0.2) is 6.61 Å². The number of sulfonamides is 1. The number of nitrogens with one attached hydrogen (secondary N) is 2. The molecule has 3 rings (SSSR count). The Morgan fingerprint density at radius 3 is 2.21 bits per heavy atom. The van der Waals surface area contributed by atoms with Crippen LogP contribution in [0, 0.1) is 0 Å². The van der Waals surface area contributed by atoms with Crippen LogP contribution in [0.15, 0.2) is 71.8 Å². The van der Waals surface area contributed by atoms with Gasteiger partial charge in [0.05, 0.1) is 37.4 Å². The molecule has 3 aromatic carbocycles. The van der Waals surface area contributed by atoms with Gasteiger partial charge in [-0.2, -0.15) is 5.10 Å². The summed E-state index contributed by atoms with van der Waals surface area (Å²) in [4.78, 5) is 24.5. The molecule has 0 saturated carbocycles. The summed E-state index contributed by atoms with van der Waals surface area (Å²) in [5.74, 6) is 0.529. The lowest BCUT2D eigenvalue weighted by atomic mass is 10.2. The number of anilines is 2. The Bertz CT molecular complexity index is 1430. The Balaban J connectivity index is 1.50. The van der Waals surface area contributed by atoms with Crippen LogP contribution in [0.5, 0.6) is 17.2 Å². The van der Waals surface area contributed by atoms with Gasteiger partial charge in [0.2, 0.25) is 10.0 Å². The fourth-order valence-electron chi connectivity index (χ4n) is 3.23. The van der Waals surface area contributed by atoms with Gasteiger partial charge in [0, 0.05) is 5.69 Å². The molecule has 11 nitrogen and oxygen atoms in total. The first kappa shape index (κ1) is 29.3. The van der Waals surface area contributed by atoms with Crippen molar-refractivity contribution in [1.29, 1.82) is 0 Å². The maximum Gasteiger partial charge on any atom is 0.262 e. The number of amides is 2. The predicted octanol–water partition coefficient (Wildman–Crippen LogP) is 3.29. The fraction of sp³-hybridized carbons (Fsp3) is 0.192. The van der Waals surface area contributed by atoms with Crippen molar-refractivity contribution in [3.05, 3.63) is 77.3 Å². The summed E-state index contributed by atoms with van der Waals surface area (Å²) in [6.07, 6.45) is 2.36. The molecule has 0 fully saturated rings. The summed E-state index contributed by atoms with van der Waals surface area (Å²) in [5, 5.41) is 6.79. The lowest BCUT2D eigenvalue weighted by Gasteiger charge is -2.21. The molecule has 0 atom stereocenters. The van der Waals surface area contributed by atoms with Crippen LogP contribution < -0.4 is 29.3 Å². The lowest BCUT2D eigenvalue weighted by Crippen LogP contribution is -2.39. The second-order valence-electron chi connectivity index (χ2n) is 8.02. The number of hydrazone groups is 1. The number of carbonyl (C=O) groups is 2. The molecular weight excluding hydrogens is 548 g/mol. The molecule has 39 heavy (non-hydrogen) atoms. The maximum atomic E-state index is 12.4. The van der Waals surface area contributed by atoms with Gasteiger partial charge in [0.25, 0.3) is 11.8 Å². The van der Waals surface area contributed by atoms with Gasteiger partial charge < -0.3 is 19.5 Å². The van der Waals surface area contributed by atoms with Crippen molar-refractivity contribution in [2.75, 3.05) is 43.2 Å². The highest BCUT2D eigenvalue weighted by atomic mass is 35.5. The number of benzene rings is 3. The van der Waals surface area contributed by atoms with Crippen LogP contribution in [-0.2, 0) is 19.6 Å². The molecule has 0 bridgehead atoms. The smallest absolute Gasteiger partial charge is 0.262 e. The third-order valence-corrected chi connectivity index (χ3v) is 6.57. The zero-order valence-corrected chi connectivity index (χ0v) is 23.0. The van der Waals surface area contributed by atoms with Crippen molar-refractivity contribution < 1.29 is 32.2 Å². The summed E-state index contributed by atoms with van der Waals surface area (Å²) in [7, 11) is -0.794. The summed E-state index contributed by atoms with van der Waals surface area (Å²) >= 11 is 6.10. The molecule has 0 aliphatic heterocycles. The SMILES string of the molecule is COc1ccc(NC(=O)COc2ccc(/C=N\NC(=O)CN(c3ccc(OC)c(Cl)c3)S(C)(=O)=O)cc2)cc1. The van der Waals surface area contributed by atoms with E-state index in [2.05, 4.69) is 15.8 Å². The number of rotatable bonds is 12. The third-order valence-electron chi connectivity index (χ3n) is 5.14. The molecule has 0 aliphatic carbocycles. The van der Waals surface area contributed by atoms with E-state index in [1.807, 2.05) is 0 Å². The molecule has 13 heteroatoms. The largest absolute Gasteiger partial charge is 0.497 e. The van der Waals surface area contributed by atoms with E-state index in [9.17, 15) is 18.0 Å². The molecule has 0 spiro atoms. The van der Waals surface area contributed by atoms with Crippen molar-refractivity contribution in [1.82, 2.24) is 5.43 Å². The Morgan fingerprint density at radius 1 is 0.949 bits per heavy atom. The fourth-order valence-corrected chi connectivity index (χ4v) is 4.33.